The number of benzene rings is 1. The van der Waals surface area contributed by atoms with Crippen molar-refractivity contribution in [3.8, 4) is 0 Å². The Kier molecular flexibility index (Phi) is 3.75. The van der Waals surface area contributed by atoms with Crippen molar-refractivity contribution in [3.05, 3.63) is 36.0 Å². The number of anilines is 1. The van der Waals surface area contributed by atoms with Crippen molar-refractivity contribution in [1.82, 2.24) is 9.88 Å². The van der Waals surface area contributed by atoms with Crippen LogP contribution in [0.2, 0.25) is 0 Å². The first-order valence-electron chi connectivity index (χ1n) is 7.17. The van der Waals surface area contributed by atoms with Crippen LogP contribution in [0.5, 0.6) is 0 Å². The maximum atomic E-state index is 12.7. The molecule has 2 aromatic rings. The van der Waals surface area contributed by atoms with Crippen LogP contribution in [-0.4, -0.2) is 48.6 Å². The van der Waals surface area contributed by atoms with Crippen LogP contribution in [0.3, 0.4) is 0 Å². The highest BCUT2D eigenvalue weighted by Gasteiger charge is 2.26. The molecule has 2 heterocycles. The Bertz CT molecular complexity index is 672. The minimum absolute atomic E-state index is 0.0342. The van der Waals surface area contributed by atoms with E-state index in [-0.39, 0.29) is 11.9 Å². The smallest absolute Gasteiger partial charge is 0.272 e. The van der Waals surface area contributed by atoms with Crippen LogP contribution in [0.1, 0.15) is 17.4 Å². The van der Waals surface area contributed by atoms with Crippen molar-refractivity contribution in [1.29, 1.82) is 0 Å². The zero-order valence-electron chi connectivity index (χ0n) is 12.3. The highest BCUT2D eigenvalue weighted by Crippen LogP contribution is 2.23. The molecule has 1 atom stereocenters. The van der Waals surface area contributed by atoms with Crippen LogP contribution in [0.25, 0.3) is 10.9 Å². The second-order valence-corrected chi connectivity index (χ2v) is 5.24. The Morgan fingerprint density at radius 3 is 3.00 bits per heavy atom. The lowest BCUT2D eigenvalue weighted by atomic mass is 10.1. The summed E-state index contributed by atoms with van der Waals surface area (Å²) in [5, 5.41) is 4.16. The van der Waals surface area contributed by atoms with Gasteiger partial charge in [0.05, 0.1) is 24.8 Å². The Hall–Kier alpha value is -2.14. The van der Waals surface area contributed by atoms with Crippen molar-refractivity contribution >= 4 is 22.5 Å². The van der Waals surface area contributed by atoms with Gasteiger partial charge >= 0.3 is 0 Å². The van der Waals surface area contributed by atoms with Crippen LogP contribution in [0, 0.1) is 0 Å². The molecule has 5 heteroatoms. The molecule has 1 N–H and O–H groups in total. The normalized spacial score (nSPS) is 18.8. The van der Waals surface area contributed by atoms with Crippen molar-refractivity contribution < 1.29 is 9.53 Å². The Balaban J connectivity index is 2.01. The van der Waals surface area contributed by atoms with Crippen LogP contribution in [0.15, 0.2) is 30.3 Å². The van der Waals surface area contributed by atoms with Gasteiger partial charge in [-0.1, -0.05) is 18.2 Å². The summed E-state index contributed by atoms with van der Waals surface area (Å²) in [6.45, 7) is 3.78. The molecular weight excluding hydrogens is 266 g/mol. The van der Waals surface area contributed by atoms with E-state index >= 15 is 0 Å². The number of ether oxygens (including phenoxy) is 1. The third kappa shape index (κ3) is 2.56. The average Bonchev–Trinajstić information content (AvgIpc) is 2.53. The average molecular weight is 285 g/mol. The number of carbonyl (C=O) groups is 1. The van der Waals surface area contributed by atoms with E-state index in [0.29, 0.717) is 25.5 Å². The number of rotatable bonds is 2. The fourth-order valence-electron chi connectivity index (χ4n) is 2.67. The fraction of sp³-hybridized carbons (Fsp3) is 0.375. The predicted molar refractivity (Wildman–Crippen MR) is 82.6 cm³/mol. The molecule has 5 nitrogen and oxygen atoms in total. The molecular formula is C16H19N3O2. The molecule has 0 radical (unpaired) electrons. The largest absolute Gasteiger partial charge is 0.388 e. The molecule has 0 aliphatic carbocycles. The molecule has 1 unspecified atom stereocenters. The first-order chi connectivity index (χ1) is 10.2. The van der Waals surface area contributed by atoms with E-state index in [1.165, 1.54) is 0 Å². The fourth-order valence-corrected chi connectivity index (χ4v) is 2.67. The van der Waals surface area contributed by atoms with Gasteiger partial charge in [-0.2, -0.15) is 0 Å². The summed E-state index contributed by atoms with van der Waals surface area (Å²) in [6.07, 6.45) is 0. The maximum absolute atomic E-state index is 12.7. The van der Waals surface area contributed by atoms with Gasteiger partial charge in [0.15, 0.2) is 0 Å². The van der Waals surface area contributed by atoms with E-state index in [0.717, 1.165) is 16.6 Å². The van der Waals surface area contributed by atoms with E-state index in [2.05, 4.69) is 10.3 Å². The number of carbonyl (C=O) groups excluding carboxylic acids is 1. The minimum atomic E-state index is -0.0342. The third-order valence-corrected chi connectivity index (χ3v) is 3.83. The molecule has 3 rings (SSSR count). The predicted octanol–water partition coefficient (Wildman–Crippen LogP) is 2.14. The van der Waals surface area contributed by atoms with Gasteiger partial charge in [-0.05, 0) is 19.1 Å². The van der Waals surface area contributed by atoms with Crippen molar-refractivity contribution in [2.75, 3.05) is 32.1 Å². The number of pyridine rings is 1. The molecule has 1 aliphatic heterocycles. The molecule has 21 heavy (non-hydrogen) atoms. The molecule has 1 amide bonds. The Morgan fingerprint density at radius 1 is 1.43 bits per heavy atom. The van der Waals surface area contributed by atoms with Gasteiger partial charge < -0.3 is 15.0 Å². The third-order valence-electron chi connectivity index (χ3n) is 3.83. The number of fused-ring (bicyclic) bond motifs is 1. The first-order valence-corrected chi connectivity index (χ1v) is 7.17. The van der Waals surface area contributed by atoms with Gasteiger partial charge in [-0.25, -0.2) is 4.98 Å². The number of hydrogen-bond acceptors (Lipinski definition) is 4. The summed E-state index contributed by atoms with van der Waals surface area (Å²) < 4.78 is 5.39. The molecule has 0 saturated carbocycles. The number of aromatic nitrogens is 1. The maximum Gasteiger partial charge on any atom is 0.272 e. The lowest BCUT2D eigenvalue weighted by Gasteiger charge is -2.33. The summed E-state index contributed by atoms with van der Waals surface area (Å²) >= 11 is 0. The van der Waals surface area contributed by atoms with Gasteiger partial charge in [0.2, 0.25) is 0 Å². The minimum Gasteiger partial charge on any atom is -0.388 e. The van der Waals surface area contributed by atoms with Gasteiger partial charge in [0.1, 0.15) is 5.69 Å². The molecule has 0 spiro atoms. The standard InChI is InChI=1S/C16H19N3O2/c1-11-10-21-8-7-19(11)16(20)15-9-14(17-2)12-5-3-4-6-13(12)18-15/h3-6,9,11H,7-8,10H2,1-2H3,(H,17,18). The van der Waals surface area contributed by atoms with Crippen LogP contribution >= 0.6 is 0 Å². The number of para-hydroxylation sites is 1. The van der Waals surface area contributed by atoms with Crippen molar-refractivity contribution in [3.63, 3.8) is 0 Å². The van der Waals surface area contributed by atoms with E-state index in [1.807, 2.05) is 49.2 Å². The van der Waals surface area contributed by atoms with E-state index in [4.69, 9.17) is 4.74 Å². The number of nitrogens with one attached hydrogen (secondary N) is 1. The monoisotopic (exact) mass is 285 g/mol. The summed E-state index contributed by atoms with van der Waals surface area (Å²) in [7, 11) is 1.85. The Labute approximate surface area is 123 Å². The first kappa shape index (κ1) is 13.8. The number of nitrogens with zero attached hydrogens (tertiary/aromatic N) is 2. The topological polar surface area (TPSA) is 54.5 Å². The van der Waals surface area contributed by atoms with Crippen molar-refractivity contribution in [2.24, 2.45) is 0 Å². The summed E-state index contributed by atoms with van der Waals surface area (Å²) in [6, 6.07) is 9.73. The molecule has 110 valence electrons. The second kappa shape index (κ2) is 5.69. The van der Waals surface area contributed by atoms with Crippen molar-refractivity contribution in [2.45, 2.75) is 13.0 Å². The Morgan fingerprint density at radius 2 is 2.24 bits per heavy atom. The quantitative estimate of drug-likeness (QED) is 0.918. The molecule has 1 aliphatic rings. The number of morpholine rings is 1. The second-order valence-electron chi connectivity index (χ2n) is 5.24. The molecule has 1 aromatic carbocycles. The van der Waals surface area contributed by atoms with E-state index in [1.54, 1.807) is 0 Å². The van der Waals surface area contributed by atoms with Gasteiger partial charge in [-0.15, -0.1) is 0 Å². The number of amides is 1. The van der Waals surface area contributed by atoms with Crippen LogP contribution in [0.4, 0.5) is 5.69 Å². The van der Waals surface area contributed by atoms with E-state index in [9.17, 15) is 4.79 Å². The highest BCUT2D eigenvalue weighted by molar-refractivity contribution is 5.99. The number of hydrogen-bond donors (Lipinski definition) is 1. The summed E-state index contributed by atoms with van der Waals surface area (Å²) in [5.74, 6) is -0.0342. The van der Waals surface area contributed by atoms with E-state index < -0.39 is 0 Å². The highest BCUT2D eigenvalue weighted by atomic mass is 16.5. The summed E-state index contributed by atoms with van der Waals surface area (Å²) in [4.78, 5) is 19.1. The van der Waals surface area contributed by atoms with Gasteiger partial charge in [0.25, 0.3) is 5.91 Å². The van der Waals surface area contributed by atoms with Gasteiger partial charge in [0, 0.05) is 24.7 Å². The van der Waals surface area contributed by atoms with Gasteiger partial charge in [-0.3, -0.25) is 4.79 Å². The van der Waals surface area contributed by atoms with Crippen LogP contribution in [-0.2, 0) is 4.74 Å². The SMILES string of the molecule is CNc1cc(C(=O)N2CCOCC2C)nc2ccccc12. The zero-order chi connectivity index (χ0) is 14.8. The molecule has 0 bridgehead atoms. The molecule has 1 fully saturated rings. The molecule has 1 saturated heterocycles. The lowest BCUT2D eigenvalue weighted by Crippen LogP contribution is -2.47. The lowest BCUT2D eigenvalue weighted by molar-refractivity contribution is 0.00330. The molecule has 1 aromatic heterocycles. The zero-order valence-corrected chi connectivity index (χ0v) is 12.3. The van der Waals surface area contributed by atoms with Crippen LogP contribution < -0.4 is 5.32 Å². The summed E-state index contributed by atoms with van der Waals surface area (Å²) in [5.41, 5.74) is 2.23.